The zero-order chi connectivity index (χ0) is 18.1. The van der Waals surface area contributed by atoms with Crippen LogP contribution in [0.15, 0.2) is 41.2 Å². The number of benzene rings is 1. The first-order chi connectivity index (χ1) is 12.6. The molecule has 0 spiro atoms. The van der Waals surface area contributed by atoms with Crippen molar-refractivity contribution in [1.82, 2.24) is 15.1 Å². The average molecular weight is 355 g/mol. The van der Waals surface area contributed by atoms with Crippen molar-refractivity contribution < 1.29 is 14.6 Å². The Balaban J connectivity index is 1.48. The van der Waals surface area contributed by atoms with Crippen LogP contribution in [-0.4, -0.2) is 52.4 Å². The molecule has 0 aliphatic carbocycles. The van der Waals surface area contributed by atoms with Crippen LogP contribution in [0.4, 0.5) is 0 Å². The minimum Gasteiger partial charge on any atom is -0.493 e. The number of aromatic amines is 1. The Hall–Kier alpha value is -2.67. The molecular weight excluding hydrogens is 334 g/mol. The molecule has 0 saturated carbocycles. The van der Waals surface area contributed by atoms with Gasteiger partial charge in [0.25, 0.3) is 5.56 Å². The summed E-state index contributed by atoms with van der Waals surface area (Å²) in [7, 11) is 0. The van der Waals surface area contributed by atoms with E-state index in [1.807, 2.05) is 29.2 Å². The van der Waals surface area contributed by atoms with Crippen LogP contribution < -0.4 is 10.3 Å². The molecule has 2 aliphatic heterocycles. The van der Waals surface area contributed by atoms with Crippen molar-refractivity contribution in [1.29, 1.82) is 0 Å². The number of hydrogen-bond acceptors (Lipinski definition) is 5. The molecule has 1 aromatic heterocycles. The van der Waals surface area contributed by atoms with Gasteiger partial charge in [-0.25, -0.2) is 5.10 Å². The van der Waals surface area contributed by atoms with E-state index in [1.165, 1.54) is 6.07 Å². The van der Waals surface area contributed by atoms with E-state index in [9.17, 15) is 14.7 Å². The summed E-state index contributed by atoms with van der Waals surface area (Å²) in [6, 6.07) is 10.9. The maximum atomic E-state index is 12.7. The maximum absolute atomic E-state index is 12.7. The number of aromatic nitrogens is 2. The third-order valence-corrected chi connectivity index (χ3v) is 5.46. The number of amides is 1. The molecule has 0 bridgehead atoms. The quantitative estimate of drug-likeness (QED) is 0.842. The van der Waals surface area contributed by atoms with Crippen molar-refractivity contribution in [3.05, 3.63) is 58.0 Å². The number of hydrogen-bond donors (Lipinski definition) is 2. The van der Waals surface area contributed by atoms with Crippen LogP contribution in [0.2, 0.25) is 0 Å². The topological polar surface area (TPSA) is 95.5 Å². The van der Waals surface area contributed by atoms with Gasteiger partial charge in [0.2, 0.25) is 5.91 Å². The van der Waals surface area contributed by atoms with Gasteiger partial charge in [0, 0.05) is 37.9 Å². The number of H-pyrrole nitrogens is 1. The number of para-hydroxylation sites is 1. The number of carbonyl (C=O) groups is 1. The standard InChI is InChI=1S/C19H21N3O4/c23-11-19-10-22(18(25)8-6-13-5-7-17(24)21-20-13)9-15(19)14-3-1-2-4-16(14)26-12-19/h1-5,7,15,23H,6,8-12H2,(H,21,24)/t15-,19-/m0/s1. The van der Waals surface area contributed by atoms with E-state index in [-0.39, 0.29) is 24.0 Å². The lowest BCUT2D eigenvalue weighted by atomic mass is 9.74. The van der Waals surface area contributed by atoms with Gasteiger partial charge in [-0.15, -0.1) is 0 Å². The van der Waals surface area contributed by atoms with Gasteiger partial charge in [0.15, 0.2) is 0 Å². The summed E-state index contributed by atoms with van der Waals surface area (Å²) in [4.78, 5) is 25.6. The zero-order valence-corrected chi connectivity index (χ0v) is 14.4. The molecule has 1 saturated heterocycles. The third kappa shape index (κ3) is 2.88. The first kappa shape index (κ1) is 16.8. The monoisotopic (exact) mass is 355 g/mol. The van der Waals surface area contributed by atoms with Gasteiger partial charge >= 0.3 is 0 Å². The van der Waals surface area contributed by atoms with Gasteiger partial charge < -0.3 is 14.7 Å². The highest BCUT2D eigenvalue weighted by Crippen LogP contribution is 2.49. The van der Waals surface area contributed by atoms with Crippen LogP contribution in [-0.2, 0) is 11.2 Å². The summed E-state index contributed by atoms with van der Waals surface area (Å²) in [5.74, 6) is 0.943. The molecule has 2 aromatic rings. The summed E-state index contributed by atoms with van der Waals surface area (Å²) in [6.45, 7) is 1.47. The number of carbonyl (C=O) groups excluding carboxylic acids is 1. The van der Waals surface area contributed by atoms with Crippen molar-refractivity contribution in [2.45, 2.75) is 18.8 Å². The summed E-state index contributed by atoms with van der Waals surface area (Å²) in [6.07, 6.45) is 0.784. The lowest BCUT2D eigenvalue weighted by Gasteiger charge is -2.37. The molecule has 2 N–H and O–H groups in total. The number of aliphatic hydroxyl groups excluding tert-OH is 1. The second kappa shape index (κ2) is 6.57. The molecule has 0 radical (unpaired) electrons. The van der Waals surface area contributed by atoms with E-state index >= 15 is 0 Å². The number of aryl methyl sites for hydroxylation is 1. The van der Waals surface area contributed by atoms with E-state index in [0.29, 0.717) is 38.2 Å². The predicted octanol–water partition coefficient (Wildman–Crippen LogP) is 0.700. The number of likely N-dealkylation sites (tertiary alicyclic amines) is 1. The van der Waals surface area contributed by atoms with Gasteiger partial charge in [0.1, 0.15) is 5.75 Å². The molecule has 0 unspecified atom stereocenters. The smallest absolute Gasteiger partial charge is 0.264 e. The lowest BCUT2D eigenvalue weighted by molar-refractivity contribution is -0.130. The fourth-order valence-corrected chi connectivity index (χ4v) is 3.97. The summed E-state index contributed by atoms with van der Waals surface area (Å²) >= 11 is 0. The molecule has 2 aliphatic rings. The Bertz CT molecular complexity index is 861. The predicted molar refractivity (Wildman–Crippen MR) is 94.0 cm³/mol. The van der Waals surface area contributed by atoms with E-state index in [1.54, 1.807) is 6.07 Å². The van der Waals surface area contributed by atoms with Crippen LogP contribution in [0.1, 0.15) is 23.6 Å². The van der Waals surface area contributed by atoms with Crippen molar-refractivity contribution in [3.63, 3.8) is 0 Å². The Kier molecular flexibility index (Phi) is 4.24. The maximum Gasteiger partial charge on any atom is 0.264 e. The van der Waals surface area contributed by atoms with E-state index < -0.39 is 5.41 Å². The van der Waals surface area contributed by atoms with Gasteiger partial charge in [-0.1, -0.05) is 18.2 Å². The van der Waals surface area contributed by atoms with Crippen molar-refractivity contribution >= 4 is 5.91 Å². The number of nitrogens with one attached hydrogen (secondary N) is 1. The number of ether oxygens (including phenoxy) is 1. The molecular formula is C19H21N3O4. The molecule has 4 rings (SSSR count). The number of fused-ring (bicyclic) bond motifs is 3. The van der Waals surface area contributed by atoms with Crippen molar-refractivity contribution in [2.24, 2.45) is 5.41 Å². The summed E-state index contributed by atoms with van der Waals surface area (Å²) in [5.41, 5.74) is 1.04. The van der Waals surface area contributed by atoms with Crippen LogP contribution >= 0.6 is 0 Å². The van der Waals surface area contributed by atoms with Gasteiger partial charge in [-0.3, -0.25) is 9.59 Å². The Morgan fingerprint density at radius 3 is 2.96 bits per heavy atom. The molecule has 2 atom stereocenters. The minimum absolute atomic E-state index is 0.0166. The Labute approximate surface area is 150 Å². The Morgan fingerprint density at radius 2 is 2.19 bits per heavy atom. The van der Waals surface area contributed by atoms with Crippen LogP contribution in [0, 0.1) is 5.41 Å². The van der Waals surface area contributed by atoms with Gasteiger partial charge in [-0.05, 0) is 17.7 Å². The fourth-order valence-electron chi connectivity index (χ4n) is 3.97. The van der Waals surface area contributed by atoms with Crippen LogP contribution in [0.3, 0.4) is 0 Å². The van der Waals surface area contributed by atoms with Crippen LogP contribution in [0.5, 0.6) is 5.75 Å². The number of nitrogens with zero attached hydrogens (tertiary/aromatic N) is 2. The number of aliphatic hydroxyl groups is 1. The normalized spacial score (nSPS) is 23.9. The second-order valence-electron chi connectivity index (χ2n) is 7.09. The highest BCUT2D eigenvalue weighted by molar-refractivity contribution is 5.77. The largest absolute Gasteiger partial charge is 0.493 e. The lowest BCUT2D eigenvalue weighted by Crippen LogP contribution is -2.42. The molecule has 7 nitrogen and oxygen atoms in total. The molecule has 26 heavy (non-hydrogen) atoms. The molecule has 1 amide bonds. The SMILES string of the molecule is O=C(CCc1ccc(=O)[nH]n1)N1C[C@H]2c3ccccc3OC[C@@]2(CO)C1. The van der Waals surface area contributed by atoms with Crippen molar-refractivity contribution in [3.8, 4) is 5.75 Å². The van der Waals surface area contributed by atoms with Crippen LogP contribution in [0.25, 0.3) is 0 Å². The highest BCUT2D eigenvalue weighted by atomic mass is 16.5. The summed E-state index contributed by atoms with van der Waals surface area (Å²) in [5, 5.41) is 16.4. The summed E-state index contributed by atoms with van der Waals surface area (Å²) < 4.78 is 5.86. The fraction of sp³-hybridized carbons (Fsp3) is 0.421. The second-order valence-corrected chi connectivity index (χ2v) is 7.09. The van der Waals surface area contributed by atoms with Crippen molar-refractivity contribution in [2.75, 3.05) is 26.3 Å². The molecule has 136 valence electrons. The van der Waals surface area contributed by atoms with E-state index in [4.69, 9.17) is 4.74 Å². The number of rotatable bonds is 4. The van der Waals surface area contributed by atoms with E-state index in [0.717, 1.165) is 11.3 Å². The van der Waals surface area contributed by atoms with Gasteiger partial charge in [0.05, 0.1) is 24.3 Å². The average Bonchev–Trinajstić information content (AvgIpc) is 3.08. The molecule has 3 heterocycles. The molecule has 1 aromatic carbocycles. The first-order valence-corrected chi connectivity index (χ1v) is 8.76. The molecule has 7 heteroatoms. The minimum atomic E-state index is -0.444. The third-order valence-electron chi connectivity index (χ3n) is 5.46. The highest BCUT2D eigenvalue weighted by Gasteiger charge is 2.51. The Morgan fingerprint density at radius 1 is 1.35 bits per heavy atom. The van der Waals surface area contributed by atoms with E-state index in [2.05, 4.69) is 10.2 Å². The molecule has 1 fully saturated rings. The zero-order valence-electron chi connectivity index (χ0n) is 14.4. The van der Waals surface area contributed by atoms with Gasteiger partial charge in [-0.2, -0.15) is 5.10 Å². The first-order valence-electron chi connectivity index (χ1n) is 8.76.